The molecule has 0 atom stereocenters. The van der Waals surface area contributed by atoms with Crippen LogP contribution in [0.25, 0.3) is 11.2 Å². The molecule has 3 aromatic rings. The molecule has 152 valence electrons. The van der Waals surface area contributed by atoms with E-state index in [0.29, 0.717) is 35.9 Å². The van der Waals surface area contributed by atoms with E-state index in [4.69, 9.17) is 14.2 Å². The molecule has 0 unspecified atom stereocenters. The van der Waals surface area contributed by atoms with E-state index in [1.807, 2.05) is 0 Å². The molecule has 0 spiro atoms. The highest BCUT2D eigenvalue weighted by Gasteiger charge is 2.21. The molecule has 1 aliphatic rings. The number of rotatable bonds is 5. The maximum atomic E-state index is 14.7. The Kier molecular flexibility index (Phi) is 5.39. The van der Waals surface area contributed by atoms with Crippen molar-refractivity contribution < 1.29 is 23.0 Å². The third-order valence-electron chi connectivity index (χ3n) is 4.81. The van der Waals surface area contributed by atoms with Crippen LogP contribution in [0.2, 0.25) is 0 Å². The fourth-order valence-electron chi connectivity index (χ4n) is 3.24. The number of fused-ring (bicyclic) bond motifs is 1. The Morgan fingerprint density at radius 2 is 1.72 bits per heavy atom. The van der Waals surface area contributed by atoms with Gasteiger partial charge in [0.15, 0.2) is 28.8 Å². The highest BCUT2D eigenvalue weighted by Crippen LogP contribution is 2.32. The number of hydrogen-bond acceptors (Lipinski definition) is 7. The van der Waals surface area contributed by atoms with Gasteiger partial charge in [0.25, 0.3) is 0 Å². The second-order valence-electron chi connectivity index (χ2n) is 6.54. The minimum Gasteiger partial charge on any atom is -0.494 e. The second-order valence-corrected chi connectivity index (χ2v) is 6.54. The number of methoxy groups -OCH3 is 2. The van der Waals surface area contributed by atoms with E-state index in [-0.39, 0.29) is 23.5 Å². The van der Waals surface area contributed by atoms with Crippen molar-refractivity contribution in [3.8, 4) is 11.5 Å². The quantitative estimate of drug-likeness (QED) is 0.650. The largest absolute Gasteiger partial charge is 0.494 e. The molecule has 0 aliphatic carbocycles. The van der Waals surface area contributed by atoms with Crippen LogP contribution in [-0.4, -0.2) is 55.5 Å². The van der Waals surface area contributed by atoms with Crippen molar-refractivity contribution in [1.82, 2.24) is 15.0 Å². The van der Waals surface area contributed by atoms with Crippen LogP contribution in [0.3, 0.4) is 0 Å². The Balaban J connectivity index is 1.69. The van der Waals surface area contributed by atoms with Gasteiger partial charge >= 0.3 is 0 Å². The van der Waals surface area contributed by atoms with Gasteiger partial charge in [-0.25, -0.2) is 23.7 Å². The predicted octanol–water partition coefficient (Wildman–Crippen LogP) is 2.75. The minimum absolute atomic E-state index is 0.0787. The van der Waals surface area contributed by atoms with E-state index < -0.39 is 11.6 Å². The summed E-state index contributed by atoms with van der Waals surface area (Å²) >= 11 is 0. The summed E-state index contributed by atoms with van der Waals surface area (Å²) in [7, 11) is 2.63. The first kappa shape index (κ1) is 19.3. The van der Waals surface area contributed by atoms with Crippen molar-refractivity contribution >= 4 is 17.0 Å². The molecule has 1 aliphatic heterocycles. The van der Waals surface area contributed by atoms with Crippen molar-refractivity contribution in [3.05, 3.63) is 47.3 Å². The van der Waals surface area contributed by atoms with Gasteiger partial charge in [0.1, 0.15) is 11.3 Å². The lowest BCUT2D eigenvalue weighted by molar-refractivity contribution is 0.122. The molecule has 1 aromatic carbocycles. The lowest BCUT2D eigenvalue weighted by Gasteiger charge is -2.27. The molecule has 9 heteroatoms. The van der Waals surface area contributed by atoms with Gasteiger partial charge in [-0.2, -0.15) is 0 Å². The summed E-state index contributed by atoms with van der Waals surface area (Å²) in [4.78, 5) is 15.5. The van der Waals surface area contributed by atoms with Crippen molar-refractivity contribution in [2.24, 2.45) is 0 Å². The number of hydrogen-bond donors (Lipinski definition) is 0. The fraction of sp³-hybridized carbons (Fsp3) is 0.350. The monoisotopic (exact) mass is 402 g/mol. The van der Waals surface area contributed by atoms with Gasteiger partial charge in [0, 0.05) is 36.8 Å². The summed E-state index contributed by atoms with van der Waals surface area (Å²) in [5, 5.41) is 0. The molecular formula is C20H20F2N4O3. The molecule has 0 radical (unpaired) electrons. The maximum Gasteiger partial charge on any atom is 0.180 e. The summed E-state index contributed by atoms with van der Waals surface area (Å²) in [6.45, 7) is 2.70. The van der Waals surface area contributed by atoms with Crippen LogP contribution < -0.4 is 14.4 Å². The predicted molar refractivity (Wildman–Crippen MR) is 103 cm³/mol. The number of pyridine rings is 1. The fourth-order valence-corrected chi connectivity index (χ4v) is 3.24. The zero-order valence-corrected chi connectivity index (χ0v) is 16.1. The molecule has 0 saturated carbocycles. The lowest BCUT2D eigenvalue weighted by Crippen LogP contribution is -2.36. The van der Waals surface area contributed by atoms with Gasteiger partial charge in [-0.15, -0.1) is 0 Å². The molecule has 1 saturated heterocycles. The molecule has 4 rings (SSSR count). The SMILES string of the molecule is COc1cc(OC)c(F)c(Cc2ccc3ncc(N4CCOCC4)nc3n2)c1F. The number of benzene rings is 1. The Bertz CT molecular complexity index is 1010. The van der Waals surface area contributed by atoms with Gasteiger partial charge in [0.05, 0.1) is 33.6 Å². The topological polar surface area (TPSA) is 69.6 Å². The van der Waals surface area contributed by atoms with Crippen molar-refractivity contribution in [2.75, 3.05) is 45.4 Å². The first-order chi connectivity index (χ1) is 14.1. The lowest BCUT2D eigenvalue weighted by atomic mass is 10.1. The van der Waals surface area contributed by atoms with E-state index in [9.17, 15) is 8.78 Å². The molecule has 3 heterocycles. The van der Waals surface area contributed by atoms with Crippen LogP contribution in [0, 0.1) is 11.6 Å². The van der Waals surface area contributed by atoms with Gasteiger partial charge < -0.3 is 19.1 Å². The first-order valence-corrected chi connectivity index (χ1v) is 9.15. The van der Waals surface area contributed by atoms with Crippen LogP contribution in [0.1, 0.15) is 11.3 Å². The molecular weight excluding hydrogens is 382 g/mol. The average molecular weight is 402 g/mol. The third kappa shape index (κ3) is 3.77. The van der Waals surface area contributed by atoms with Gasteiger partial charge in [-0.05, 0) is 12.1 Å². The van der Waals surface area contributed by atoms with E-state index in [0.717, 1.165) is 13.1 Å². The van der Waals surface area contributed by atoms with Gasteiger partial charge in [-0.3, -0.25) is 0 Å². The average Bonchev–Trinajstić information content (AvgIpc) is 2.77. The van der Waals surface area contributed by atoms with Crippen LogP contribution >= 0.6 is 0 Å². The number of anilines is 1. The molecule has 1 fully saturated rings. The van der Waals surface area contributed by atoms with Crippen LogP contribution in [-0.2, 0) is 11.2 Å². The summed E-state index contributed by atoms with van der Waals surface area (Å²) in [5.41, 5.74) is 1.31. The molecule has 0 N–H and O–H groups in total. The Hall–Kier alpha value is -3.07. The molecule has 0 bridgehead atoms. The molecule has 29 heavy (non-hydrogen) atoms. The van der Waals surface area contributed by atoms with E-state index in [1.165, 1.54) is 20.3 Å². The van der Waals surface area contributed by atoms with Crippen LogP contribution in [0.5, 0.6) is 11.5 Å². The smallest absolute Gasteiger partial charge is 0.180 e. The highest BCUT2D eigenvalue weighted by molar-refractivity contribution is 5.71. The van der Waals surface area contributed by atoms with E-state index in [2.05, 4.69) is 19.9 Å². The Morgan fingerprint density at radius 1 is 1.03 bits per heavy atom. The standard InChI is InChI=1S/C20H20F2N4O3/c1-27-15-10-16(28-2)19(22)13(18(15)21)9-12-3-4-14-20(24-12)25-17(11-23-14)26-5-7-29-8-6-26/h3-4,10-11H,5-9H2,1-2H3. The normalized spacial score (nSPS) is 14.3. The summed E-state index contributed by atoms with van der Waals surface area (Å²) in [6.07, 6.45) is 1.62. The number of morpholine rings is 1. The maximum absolute atomic E-state index is 14.7. The summed E-state index contributed by atoms with van der Waals surface area (Å²) in [5.74, 6) is -1.03. The van der Waals surface area contributed by atoms with Gasteiger partial charge in [-0.1, -0.05) is 0 Å². The highest BCUT2D eigenvalue weighted by atomic mass is 19.1. The molecule has 2 aromatic heterocycles. The number of aromatic nitrogens is 3. The number of ether oxygens (including phenoxy) is 3. The van der Waals surface area contributed by atoms with Gasteiger partial charge in [0.2, 0.25) is 0 Å². The zero-order chi connectivity index (χ0) is 20.4. The number of halogens is 2. The Morgan fingerprint density at radius 3 is 2.38 bits per heavy atom. The Labute approximate surface area is 166 Å². The summed E-state index contributed by atoms with van der Waals surface area (Å²) in [6, 6.07) is 4.60. The van der Waals surface area contributed by atoms with Crippen molar-refractivity contribution in [2.45, 2.75) is 6.42 Å². The van der Waals surface area contributed by atoms with Crippen molar-refractivity contribution in [1.29, 1.82) is 0 Å². The van der Waals surface area contributed by atoms with E-state index >= 15 is 0 Å². The third-order valence-corrected chi connectivity index (χ3v) is 4.81. The second kappa shape index (κ2) is 8.12. The van der Waals surface area contributed by atoms with Crippen LogP contribution in [0.4, 0.5) is 14.6 Å². The first-order valence-electron chi connectivity index (χ1n) is 9.15. The van der Waals surface area contributed by atoms with Crippen molar-refractivity contribution in [3.63, 3.8) is 0 Å². The summed E-state index contributed by atoms with van der Waals surface area (Å²) < 4.78 is 44.7. The van der Waals surface area contributed by atoms with Crippen LogP contribution in [0.15, 0.2) is 24.4 Å². The molecule has 7 nitrogen and oxygen atoms in total. The zero-order valence-electron chi connectivity index (χ0n) is 16.1. The number of nitrogens with zero attached hydrogens (tertiary/aromatic N) is 4. The molecule has 0 amide bonds. The minimum atomic E-state index is -0.777. The van der Waals surface area contributed by atoms with E-state index in [1.54, 1.807) is 18.3 Å².